The van der Waals surface area contributed by atoms with E-state index in [-0.39, 0.29) is 63.4 Å². The Hall–Kier alpha value is -2.57. The summed E-state index contributed by atoms with van der Waals surface area (Å²) in [6, 6.07) is -1.70. The molecule has 3 N–H and O–H groups in total. The van der Waals surface area contributed by atoms with Crippen LogP contribution in [0.5, 0.6) is 18.0 Å². The molecule has 3 aromatic heterocycles. The maximum Gasteiger partial charge on any atom is 0.499 e. The van der Waals surface area contributed by atoms with Crippen molar-refractivity contribution >= 4 is 34.8 Å². The molecule has 34 heavy (non-hydrogen) atoms. The zero-order chi connectivity index (χ0) is 25.8. The van der Waals surface area contributed by atoms with Gasteiger partial charge < -0.3 is 30.9 Å². The number of hydrogen-bond acceptors (Lipinski definition) is 9. The molecule has 0 unspecified atom stereocenters. The minimum absolute atomic E-state index is 0. The molecule has 16 heteroatoms. The van der Waals surface area contributed by atoms with Gasteiger partial charge in [0.2, 0.25) is 0 Å². The van der Waals surface area contributed by atoms with Crippen LogP contribution in [0.25, 0.3) is 0 Å². The number of halogens is 3. The first kappa shape index (κ1) is 31.4. The number of nitrogens with zero attached hydrogens (tertiary/aromatic N) is 6. The van der Waals surface area contributed by atoms with Gasteiger partial charge in [-0.15, -0.1) is 0 Å². The summed E-state index contributed by atoms with van der Waals surface area (Å²) >= 11 is 17.0. The normalized spacial score (nSPS) is 9.79. The number of aromatic nitrogens is 6. The maximum atomic E-state index is 10.9. The topological polar surface area (TPSA) is 180 Å². The molecule has 0 aliphatic heterocycles. The molecule has 0 aliphatic carbocycles. The SMILES string of the molecule is Cc1nc(O)[n+]([O-])c(C)c1Cl.Cc1nc(O)[n+]([O-])c(C)c1Cl.Cc1nc(O)[n+]([O-])c(C)c1Cl.[Fe]. The van der Waals surface area contributed by atoms with Crippen molar-refractivity contribution in [2.45, 2.75) is 41.5 Å². The fourth-order valence-electron chi connectivity index (χ4n) is 2.24. The Morgan fingerprint density at radius 3 is 0.882 bits per heavy atom. The molecule has 0 saturated heterocycles. The minimum Gasteiger partial charge on any atom is -0.708 e. The van der Waals surface area contributed by atoms with Gasteiger partial charge in [-0.05, 0) is 35.7 Å². The third kappa shape index (κ3) is 7.21. The zero-order valence-electron chi connectivity index (χ0n) is 18.7. The minimum atomic E-state index is -0.565. The Kier molecular flexibility index (Phi) is 11.8. The standard InChI is InChI=1S/3C6H7ClN2O2.Fe/c3*1-3-5(7)4(2)9(11)6(10)8-3;/h3*1-2H3,(H,8,10);. The van der Waals surface area contributed by atoms with Gasteiger partial charge in [0.1, 0.15) is 32.1 Å². The molecule has 0 aliphatic rings. The van der Waals surface area contributed by atoms with Gasteiger partial charge >= 0.3 is 18.0 Å². The molecule has 3 rings (SSSR count). The molecule has 3 aromatic rings. The van der Waals surface area contributed by atoms with Crippen LogP contribution in [0.15, 0.2) is 0 Å². The van der Waals surface area contributed by atoms with Crippen molar-refractivity contribution in [2.24, 2.45) is 0 Å². The van der Waals surface area contributed by atoms with Crippen molar-refractivity contribution in [1.82, 2.24) is 15.0 Å². The smallest absolute Gasteiger partial charge is 0.499 e. The Labute approximate surface area is 220 Å². The van der Waals surface area contributed by atoms with Gasteiger partial charge in [0.25, 0.3) is 0 Å². The first-order valence-electron chi connectivity index (χ1n) is 8.97. The first-order valence-corrected chi connectivity index (χ1v) is 10.1. The second kappa shape index (κ2) is 12.8. The maximum absolute atomic E-state index is 10.9. The predicted molar refractivity (Wildman–Crippen MR) is 118 cm³/mol. The molecule has 0 atom stereocenters. The van der Waals surface area contributed by atoms with E-state index in [1.165, 1.54) is 20.8 Å². The van der Waals surface area contributed by atoms with E-state index in [9.17, 15) is 15.6 Å². The van der Waals surface area contributed by atoms with Gasteiger partial charge in [-0.25, -0.2) is 0 Å². The second-order valence-corrected chi connectivity index (χ2v) is 7.71. The number of rotatable bonds is 0. The van der Waals surface area contributed by atoms with E-state index in [2.05, 4.69) is 15.0 Å². The van der Waals surface area contributed by atoms with E-state index >= 15 is 0 Å². The van der Waals surface area contributed by atoms with Gasteiger partial charge in [-0.3, -0.25) is 0 Å². The summed E-state index contributed by atoms with van der Waals surface area (Å²) in [6.07, 6.45) is 0. The van der Waals surface area contributed by atoms with Crippen LogP contribution in [0.1, 0.15) is 34.2 Å². The van der Waals surface area contributed by atoms with Crippen LogP contribution in [0, 0.1) is 57.2 Å². The van der Waals surface area contributed by atoms with Crippen molar-refractivity contribution in [2.75, 3.05) is 0 Å². The van der Waals surface area contributed by atoms with E-state index in [1.807, 2.05) is 0 Å². The van der Waals surface area contributed by atoms with Gasteiger partial charge in [0, 0.05) is 37.8 Å². The molecule has 0 bridgehead atoms. The van der Waals surface area contributed by atoms with E-state index in [4.69, 9.17) is 50.1 Å². The summed E-state index contributed by atoms with van der Waals surface area (Å²) in [5.41, 5.74) is 2.14. The molecule has 3 heterocycles. The molecule has 188 valence electrons. The number of aromatic hydroxyl groups is 3. The summed E-state index contributed by atoms with van der Waals surface area (Å²) in [5, 5.41) is 60.1. The van der Waals surface area contributed by atoms with Gasteiger partial charge in [0.15, 0.2) is 17.1 Å². The van der Waals surface area contributed by atoms with Gasteiger partial charge in [-0.1, -0.05) is 34.8 Å². The zero-order valence-corrected chi connectivity index (χ0v) is 22.1. The number of aryl methyl sites for hydroxylation is 3. The van der Waals surface area contributed by atoms with Crippen LogP contribution in [0.2, 0.25) is 15.1 Å². The molecule has 0 spiro atoms. The van der Waals surface area contributed by atoms with Crippen molar-refractivity contribution in [3.05, 3.63) is 64.9 Å². The van der Waals surface area contributed by atoms with Crippen LogP contribution in [0.4, 0.5) is 0 Å². The van der Waals surface area contributed by atoms with Gasteiger partial charge in [0.05, 0.1) is 0 Å². The third-order valence-electron chi connectivity index (χ3n) is 4.17. The van der Waals surface area contributed by atoms with Crippen molar-refractivity contribution < 1.29 is 46.6 Å². The van der Waals surface area contributed by atoms with Crippen LogP contribution in [0.3, 0.4) is 0 Å². The Morgan fingerprint density at radius 1 is 0.529 bits per heavy atom. The fraction of sp³-hybridized carbons (Fsp3) is 0.333. The van der Waals surface area contributed by atoms with E-state index in [0.717, 1.165) is 0 Å². The summed E-state index contributed by atoms with van der Waals surface area (Å²) in [7, 11) is 0. The largest absolute Gasteiger partial charge is 0.708 e. The molecule has 0 saturated carbocycles. The Morgan fingerprint density at radius 2 is 0.706 bits per heavy atom. The van der Waals surface area contributed by atoms with Crippen molar-refractivity contribution in [1.29, 1.82) is 0 Å². The van der Waals surface area contributed by atoms with Crippen LogP contribution < -0.4 is 14.2 Å². The quantitative estimate of drug-likeness (QED) is 0.204. The molecule has 0 aromatic carbocycles. The monoisotopic (exact) mass is 578 g/mol. The molecule has 12 nitrogen and oxygen atoms in total. The second-order valence-electron chi connectivity index (χ2n) is 6.57. The average molecular weight is 580 g/mol. The summed E-state index contributed by atoms with van der Waals surface area (Å²) in [4.78, 5) is 10.5. The third-order valence-corrected chi connectivity index (χ3v) is 5.81. The van der Waals surface area contributed by atoms with E-state index in [1.54, 1.807) is 20.8 Å². The molecular formula is C18H21Cl3FeN6O6. The summed E-state index contributed by atoms with van der Waals surface area (Å²) in [5.74, 6) is 0. The first-order chi connectivity index (χ1) is 15.1. The van der Waals surface area contributed by atoms with Crippen LogP contribution >= 0.6 is 34.8 Å². The Balaban J connectivity index is 0.000000473. The molecule has 0 fully saturated rings. The fourth-order valence-corrected chi connectivity index (χ4v) is 2.59. The summed E-state index contributed by atoms with van der Waals surface area (Å²) < 4.78 is 0.861. The Bertz CT molecular complexity index is 977. The predicted octanol–water partition coefficient (Wildman–Crippen LogP) is 2.07. The average Bonchev–Trinajstić information content (AvgIpc) is 2.77. The van der Waals surface area contributed by atoms with E-state index < -0.39 is 18.0 Å². The molecular weight excluding hydrogens is 558 g/mol. The summed E-state index contributed by atoms with van der Waals surface area (Å²) in [6.45, 7) is 9.41. The van der Waals surface area contributed by atoms with Gasteiger partial charge in [-0.2, -0.15) is 14.2 Å². The van der Waals surface area contributed by atoms with E-state index in [0.29, 0.717) is 17.1 Å². The molecule has 0 radical (unpaired) electrons. The van der Waals surface area contributed by atoms with Crippen molar-refractivity contribution in [3.63, 3.8) is 0 Å². The van der Waals surface area contributed by atoms with Crippen LogP contribution in [-0.4, -0.2) is 30.3 Å². The molecule has 0 amide bonds. The van der Waals surface area contributed by atoms with Crippen molar-refractivity contribution in [3.8, 4) is 18.0 Å². The number of hydrogen-bond donors (Lipinski definition) is 3. The van der Waals surface area contributed by atoms with Crippen LogP contribution in [-0.2, 0) is 17.1 Å².